The van der Waals surface area contributed by atoms with Crippen molar-refractivity contribution in [1.29, 1.82) is 0 Å². The van der Waals surface area contributed by atoms with E-state index in [2.05, 4.69) is 23.8 Å². The van der Waals surface area contributed by atoms with Crippen LogP contribution in [0.3, 0.4) is 0 Å². The zero-order valence-electron chi connectivity index (χ0n) is 10.4. The maximum absolute atomic E-state index is 5.99. The molecule has 3 nitrogen and oxygen atoms in total. The van der Waals surface area contributed by atoms with Gasteiger partial charge < -0.3 is 10.1 Å². The zero-order chi connectivity index (χ0) is 12.3. The van der Waals surface area contributed by atoms with E-state index in [1.54, 1.807) is 6.20 Å². The van der Waals surface area contributed by atoms with Crippen LogP contribution in [0.5, 0.6) is 5.75 Å². The third-order valence-corrected chi connectivity index (χ3v) is 3.34. The summed E-state index contributed by atoms with van der Waals surface area (Å²) in [5.74, 6) is 0.771. The number of hydrogen-bond acceptors (Lipinski definition) is 3. The van der Waals surface area contributed by atoms with E-state index in [9.17, 15) is 0 Å². The lowest BCUT2D eigenvalue weighted by molar-refractivity contribution is 0.133. The molecule has 2 atom stereocenters. The van der Waals surface area contributed by atoms with Crippen molar-refractivity contribution in [2.45, 2.75) is 31.9 Å². The highest BCUT2D eigenvalue weighted by Gasteiger charge is 2.24. The van der Waals surface area contributed by atoms with E-state index >= 15 is 0 Å². The lowest BCUT2D eigenvalue weighted by atomic mass is 10.0. The van der Waals surface area contributed by atoms with Crippen LogP contribution in [0.1, 0.15) is 18.9 Å². The van der Waals surface area contributed by atoms with E-state index in [1.165, 1.54) is 6.42 Å². The molecule has 2 rings (SSSR count). The number of nitrogens with zero attached hydrogens (tertiary/aromatic N) is 1. The highest BCUT2D eigenvalue weighted by Crippen LogP contribution is 2.22. The van der Waals surface area contributed by atoms with Crippen LogP contribution < -0.4 is 10.1 Å². The molecule has 0 radical (unpaired) electrons. The second kappa shape index (κ2) is 6.98. The highest BCUT2D eigenvalue weighted by atomic mass is 35.5. The largest absolute Gasteiger partial charge is 0.487 e. The molecule has 5 heteroatoms. The molecule has 1 N–H and O–H groups in total. The van der Waals surface area contributed by atoms with Crippen molar-refractivity contribution in [3.63, 3.8) is 0 Å². The SMILES string of the molecule is C=CCc1cc(OC(C)[C@@H]2CCN2)cnc1Cl.Cl. The van der Waals surface area contributed by atoms with Crippen molar-refractivity contribution in [2.75, 3.05) is 6.54 Å². The highest BCUT2D eigenvalue weighted by molar-refractivity contribution is 6.30. The normalized spacial score (nSPS) is 19.3. The molecule has 100 valence electrons. The van der Waals surface area contributed by atoms with Crippen LogP contribution in [-0.2, 0) is 6.42 Å². The Hall–Kier alpha value is -0.770. The quantitative estimate of drug-likeness (QED) is 0.668. The Labute approximate surface area is 119 Å². The van der Waals surface area contributed by atoms with E-state index in [4.69, 9.17) is 16.3 Å². The van der Waals surface area contributed by atoms with Crippen molar-refractivity contribution in [3.05, 3.63) is 35.6 Å². The smallest absolute Gasteiger partial charge is 0.138 e. The first-order valence-corrected chi connectivity index (χ1v) is 6.24. The second-order valence-electron chi connectivity index (χ2n) is 4.29. The lowest BCUT2D eigenvalue weighted by Crippen LogP contribution is -2.51. The van der Waals surface area contributed by atoms with E-state index in [0.29, 0.717) is 17.6 Å². The van der Waals surface area contributed by atoms with Gasteiger partial charge in [-0.05, 0) is 37.9 Å². The summed E-state index contributed by atoms with van der Waals surface area (Å²) < 4.78 is 5.84. The fourth-order valence-corrected chi connectivity index (χ4v) is 2.02. The van der Waals surface area contributed by atoms with Gasteiger partial charge in [-0.3, -0.25) is 0 Å². The summed E-state index contributed by atoms with van der Waals surface area (Å²) in [5.41, 5.74) is 0.952. The standard InChI is InChI=1S/C13H17ClN2O.ClH/c1-3-4-10-7-11(8-16-13(10)14)17-9(2)12-5-6-15-12;/h3,7-9,12,15H,1,4-6H2,2H3;1H/t9?,12-;/m0./s1. The number of hydrogen-bond donors (Lipinski definition) is 1. The molecule has 1 aromatic rings. The number of allylic oxidation sites excluding steroid dienone is 1. The third-order valence-electron chi connectivity index (χ3n) is 3.00. The maximum atomic E-state index is 5.99. The van der Waals surface area contributed by atoms with Crippen LogP contribution in [0.25, 0.3) is 0 Å². The molecule has 1 aromatic heterocycles. The van der Waals surface area contributed by atoms with Crippen LogP contribution in [0.2, 0.25) is 5.15 Å². The summed E-state index contributed by atoms with van der Waals surface area (Å²) in [6.45, 7) is 6.85. The minimum absolute atomic E-state index is 0. The Bertz CT molecular complexity index is 408. The van der Waals surface area contributed by atoms with Crippen LogP contribution in [0.4, 0.5) is 0 Å². The molecule has 0 bridgehead atoms. The Kier molecular flexibility index (Phi) is 5.93. The van der Waals surface area contributed by atoms with Gasteiger partial charge in [0, 0.05) is 6.04 Å². The fraction of sp³-hybridized carbons (Fsp3) is 0.462. The Balaban J connectivity index is 0.00000162. The molecule has 1 aliphatic heterocycles. The van der Waals surface area contributed by atoms with E-state index in [0.717, 1.165) is 17.9 Å². The predicted octanol–water partition coefficient (Wildman–Crippen LogP) is 3.01. The molecule has 1 saturated heterocycles. The number of halogens is 2. The number of nitrogens with one attached hydrogen (secondary N) is 1. The van der Waals surface area contributed by atoms with E-state index < -0.39 is 0 Å². The molecule has 1 fully saturated rings. The average molecular weight is 289 g/mol. The summed E-state index contributed by atoms with van der Waals surface area (Å²) in [6, 6.07) is 2.39. The molecule has 0 amide bonds. The van der Waals surface area contributed by atoms with Gasteiger partial charge in [0.25, 0.3) is 0 Å². The summed E-state index contributed by atoms with van der Waals surface area (Å²) in [5, 5.41) is 3.85. The maximum Gasteiger partial charge on any atom is 0.138 e. The third kappa shape index (κ3) is 3.61. The van der Waals surface area contributed by atoms with Crippen LogP contribution in [0, 0.1) is 0 Å². The van der Waals surface area contributed by atoms with Crippen LogP contribution in [-0.4, -0.2) is 23.7 Å². The fourth-order valence-electron chi connectivity index (χ4n) is 1.84. The molecule has 0 spiro atoms. The number of aromatic nitrogens is 1. The zero-order valence-corrected chi connectivity index (χ0v) is 11.9. The summed E-state index contributed by atoms with van der Waals surface area (Å²) in [7, 11) is 0. The predicted molar refractivity (Wildman–Crippen MR) is 76.9 cm³/mol. The van der Waals surface area contributed by atoms with Gasteiger partial charge in [0.15, 0.2) is 0 Å². The van der Waals surface area contributed by atoms with Crippen molar-refractivity contribution in [3.8, 4) is 5.75 Å². The van der Waals surface area contributed by atoms with Crippen LogP contribution >= 0.6 is 24.0 Å². The summed E-state index contributed by atoms with van der Waals surface area (Å²) >= 11 is 5.99. The first kappa shape index (κ1) is 15.3. The molecule has 18 heavy (non-hydrogen) atoms. The van der Waals surface area contributed by atoms with Gasteiger partial charge in [-0.15, -0.1) is 19.0 Å². The Morgan fingerprint density at radius 3 is 3.00 bits per heavy atom. The molecular weight excluding hydrogens is 271 g/mol. The number of pyridine rings is 1. The van der Waals surface area contributed by atoms with Crippen molar-refractivity contribution < 1.29 is 4.74 Å². The molecule has 0 aliphatic carbocycles. The summed E-state index contributed by atoms with van der Waals surface area (Å²) in [6.07, 6.45) is 5.51. The first-order valence-electron chi connectivity index (χ1n) is 5.86. The van der Waals surface area contributed by atoms with Gasteiger partial charge in [-0.2, -0.15) is 0 Å². The topological polar surface area (TPSA) is 34.1 Å². The van der Waals surface area contributed by atoms with E-state index in [-0.39, 0.29) is 18.5 Å². The van der Waals surface area contributed by atoms with Gasteiger partial charge in [0.2, 0.25) is 0 Å². The Morgan fingerprint density at radius 2 is 2.44 bits per heavy atom. The molecule has 2 heterocycles. The number of rotatable bonds is 5. The first-order chi connectivity index (χ1) is 8.20. The average Bonchev–Trinajstić information content (AvgIpc) is 2.20. The molecular formula is C13H18Cl2N2O. The van der Waals surface area contributed by atoms with Crippen molar-refractivity contribution in [1.82, 2.24) is 10.3 Å². The van der Waals surface area contributed by atoms with Crippen LogP contribution in [0.15, 0.2) is 24.9 Å². The monoisotopic (exact) mass is 288 g/mol. The minimum Gasteiger partial charge on any atom is -0.487 e. The minimum atomic E-state index is 0. The van der Waals surface area contributed by atoms with E-state index in [1.807, 2.05) is 12.1 Å². The molecule has 0 saturated carbocycles. The second-order valence-corrected chi connectivity index (χ2v) is 4.64. The van der Waals surface area contributed by atoms with Crippen molar-refractivity contribution in [2.24, 2.45) is 0 Å². The molecule has 1 aliphatic rings. The van der Waals surface area contributed by atoms with Gasteiger partial charge in [-0.1, -0.05) is 17.7 Å². The van der Waals surface area contributed by atoms with Gasteiger partial charge >= 0.3 is 0 Å². The summed E-state index contributed by atoms with van der Waals surface area (Å²) in [4.78, 5) is 4.13. The number of ether oxygens (including phenoxy) is 1. The lowest BCUT2D eigenvalue weighted by Gasteiger charge is -2.33. The molecule has 0 aromatic carbocycles. The van der Waals surface area contributed by atoms with Gasteiger partial charge in [0.05, 0.1) is 6.20 Å². The van der Waals surface area contributed by atoms with Gasteiger partial charge in [-0.25, -0.2) is 4.98 Å². The van der Waals surface area contributed by atoms with Crippen molar-refractivity contribution >= 4 is 24.0 Å². The van der Waals surface area contributed by atoms with Gasteiger partial charge in [0.1, 0.15) is 17.0 Å². The Morgan fingerprint density at radius 1 is 1.72 bits per heavy atom. The molecule has 1 unspecified atom stereocenters.